The van der Waals surface area contributed by atoms with Crippen molar-refractivity contribution in [2.24, 2.45) is 0 Å². The number of para-hydroxylation sites is 1. The highest BCUT2D eigenvalue weighted by Crippen LogP contribution is 2.40. The van der Waals surface area contributed by atoms with Gasteiger partial charge in [-0.1, -0.05) is 48.5 Å². The van der Waals surface area contributed by atoms with Gasteiger partial charge in [0.15, 0.2) is 0 Å². The summed E-state index contributed by atoms with van der Waals surface area (Å²) in [7, 11) is 0. The number of hydrogen-bond donors (Lipinski definition) is 2. The summed E-state index contributed by atoms with van der Waals surface area (Å²) in [6.45, 7) is 0.179. The van der Waals surface area contributed by atoms with Gasteiger partial charge in [0, 0.05) is 23.5 Å². The lowest BCUT2D eigenvalue weighted by Crippen LogP contribution is -2.28. The van der Waals surface area contributed by atoms with E-state index in [0.29, 0.717) is 11.5 Å². The molecule has 2 N–H and O–H groups in total. The summed E-state index contributed by atoms with van der Waals surface area (Å²) in [4.78, 5) is 17.4. The van der Waals surface area contributed by atoms with Crippen LogP contribution in [0.4, 0.5) is 0 Å². The standard InChI is InChI=1S/C21H20N2O2/c24-20(15-6-2-1-3-7-15)13-22-21(25)17-12-19(14-10-11-14)23-18-9-5-4-8-16(17)18/h1-9,12,14,20,24H,10-11,13H2,(H,22,25). The Hall–Kier alpha value is -2.72. The number of nitrogens with one attached hydrogen (secondary N) is 1. The topological polar surface area (TPSA) is 62.2 Å². The third-order valence-corrected chi connectivity index (χ3v) is 4.62. The molecule has 1 aromatic heterocycles. The molecule has 0 bridgehead atoms. The summed E-state index contributed by atoms with van der Waals surface area (Å²) >= 11 is 0. The van der Waals surface area contributed by atoms with Crippen molar-refractivity contribution in [2.45, 2.75) is 24.9 Å². The molecule has 126 valence electrons. The fourth-order valence-electron chi connectivity index (χ4n) is 3.05. The minimum absolute atomic E-state index is 0.171. The normalized spacial score (nSPS) is 15.1. The first kappa shape index (κ1) is 15.8. The number of carbonyl (C=O) groups excluding carboxylic acids is 1. The number of aliphatic hydroxyl groups excluding tert-OH is 1. The Bertz CT molecular complexity index is 904. The number of carbonyl (C=O) groups is 1. The summed E-state index contributed by atoms with van der Waals surface area (Å²) in [5.74, 6) is 0.307. The van der Waals surface area contributed by atoms with Crippen molar-refractivity contribution in [3.63, 3.8) is 0 Å². The molecule has 4 rings (SSSR count). The summed E-state index contributed by atoms with van der Waals surface area (Å²) < 4.78 is 0. The SMILES string of the molecule is O=C(NCC(O)c1ccccc1)c1cc(C2CC2)nc2ccccc12. The molecular weight excluding hydrogens is 312 g/mol. The van der Waals surface area contributed by atoms with Gasteiger partial charge >= 0.3 is 0 Å². The van der Waals surface area contributed by atoms with E-state index in [1.807, 2.05) is 60.7 Å². The van der Waals surface area contributed by atoms with E-state index in [1.54, 1.807) is 0 Å². The van der Waals surface area contributed by atoms with E-state index in [4.69, 9.17) is 4.98 Å². The Morgan fingerprint density at radius 3 is 2.60 bits per heavy atom. The zero-order valence-electron chi connectivity index (χ0n) is 13.9. The van der Waals surface area contributed by atoms with E-state index in [0.717, 1.165) is 35.0 Å². The maximum atomic E-state index is 12.7. The second-order valence-electron chi connectivity index (χ2n) is 6.52. The molecule has 1 saturated carbocycles. The first-order valence-electron chi connectivity index (χ1n) is 8.63. The van der Waals surface area contributed by atoms with Gasteiger partial charge in [-0.3, -0.25) is 9.78 Å². The second kappa shape index (κ2) is 6.65. The Kier molecular flexibility index (Phi) is 4.20. The minimum Gasteiger partial charge on any atom is -0.387 e. The van der Waals surface area contributed by atoms with Crippen LogP contribution in [0.25, 0.3) is 10.9 Å². The lowest BCUT2D eigenvalue weighted by atomic mass is 10.0. The van der Waals surface area contributed by atoms with E-state index >= 15 is 0 Å². The van der Waals surface area contributed by atoms with Crippen LogP contribution in [-0.2, 0) is 0 Å². The van der Waals surface area contributed by atoms with Crippen LogP contribution in [0.1, 0.15) is 46.5 Å². The third kappa shape index (κ3) is 3.39. The van der Waals surface area contributed by atoms with Gasteiger partial charge in [-0.2, -0.15) is 0 Å². The van der Waals surface area contributed by atoms with E-state index in [2.05, 4.69) is 5.32 Å². The first-order valence-corrected chi connectivity index (χ1v) is 8.63. The molecule has 1 aliphatic rings. The van der Waals surface area contributed by atoms with Gasteiger partial charge in [-0.15, -0.1) is 0 Å². The first-order chi connectivity index (χ1) is 12.2. The van der Waals surface area contributed by atoms with E-state index < -0.39 is 6.10 Å². The molecule has 1 heterocycles. The molecule has 1 fully saturated rings. The number of pyridine rings is 1. The highest BCUT2D eigenvalue weighted by Gasteiger charge is 2.27. The molecule has 4 heteroatoms. The molecule has 1 aliphatic carbocycles. The Morgan fingerprint density at radius 2 is 1.84 bits per heavy atom. The van der Waals surface area contributed by atoms with Gasteiger partial charge < -0.3 is 10.4 Å². The van der Waals surface area contributed by atoms with Crippen molar-refractivity contribution in [1.29, 1.82) is 0 Å². The minimum atomic E-state index is -0.721. The molecule has 0 spiro atoms. The number of aromatic nitrogens is 1. The van der Waals surface area contributed by atoms with Gasteiger partial charge in [-0.25, -0.2) is 0 Å². The highest BCUT2D eigenvalue weighted by atomic mass is 16.3. The molecule has 3 aromatic rings. The maximum Gasteiger partial charge on any atom is 0.252 e. The van der Waals surface area contributed by atoms with E-state index in [9.17, 15) is 9.90 Å². The summed E-state index contributed by atoms with van der Waals surface area (Å²) in [6, 6.07) is 19.0. The van der Waals surface area contributed by atoms with Crippen molar-refractivity contribution in [1.82, 2.24) is 10.3 Å². The van der Waals surface area contributed by atoms with Gasteiger partial charge in [0.2, 0.25) is 0 Å². The predicted molar refractivity (Wildman–Crippen MR) is 97.5 cm³/mol. The highest BCUT2D eigenvalue weighted by molar-refractivity contribution is 6.06. The average molecular weight is 332 g/mol. The smallest absolute Gasteiger partial charge is 0.252 e. The van der Waals surface area contributed by atoms with Gasteiger partial charge in [0.05, 0.1) is 17.2 Å². The monoisotopic (exact) mass is 332 g/mol. The van der Waals surface area contributed by atoms with Crippen LogP contribution in [0, 0.1) is 0 Å². The van der Waals surface area contributed by atoms with Crippen molar-refractivity contribution in [3.8, 4) is 0 Å². The summed E-state index contributed by atoms with van der Waals surface area (Å²) in [5.41, 5.74) is 3.27. The van der Waals surface area contributed by atoms with Crippen molar-refractivity contribution < 1.29 is 9.90 Å². The van der Waals surface area contributed by atoms with Gasteiger partial charge in [0.1, 0.15) is 0 Å². The molecule has 2 aromatic carbocycles. The largest absolute Gasteiger partial charge is 0.387 e. The molecular formula is C21H20N2O2. The molecule has 1 atom stereocenters. The number of rotatable bonds is 5. The molecule has 0 radical (unpaired) electrons. The number of amides is 1. The Morgan fingerprint density at radius 1 is 1.12 bits per heavy atom. The molecule has 4 nitrogen and oxygen atoms in total. The van der Waals surface area contributed by atoms with Crippen LogP contribution in [0.15, 0.2) is 60.7 Å². The van der Waals surface area contributed by atoms with E-state index in [-0.39, 0.29) is 12.5 Å². The van der Waals surface area contributed by atoms with Crippen LogP contribution < -0.4 is 5.32 Å². The summed E-state index contributed by atoms with van der Waals surface area (Å²) in [6.07, 6.45) is 1.55. The quantitative estimate of drug-likeness (QED) is 0.751. The molecule has 0 aliphatic heterocycles. The third-order valence-electron chi connectivity index (χ3n) is 4.62. The summed E-state index contributed by atoms with van der Waals surface area (Å²) in [5, 5.41) is 14.0. The van der Waals surface area contributed by atoms with Crippen LogP contribution in [0.5, 0.6) is 0 Å². The fourth-order valence-corrected chi connectivity index (χ4v) is 3.05. The fraction of sp³-hybridized carbons (Fsp3) is 0.238. The zero-order chi connectivity index (χ0) is 17.2. The number of benzene rings is 2. The van der Waals surface area contributed by atoms with Crippen LogP contribution in [-0.4, -0.2) is 22.5 Å². The van der Waals surface area contributed by atoms with Crippen molar-refractivity contribution >= 4 is 16.8 Å². The second-order valence-corrected chi connectivity index (χ2v) is 6.52. The number of nitrogens with zero attached hydrogens (tertiary/aromatic N) is 1. The number of fused-ring (bicyclic) bond motifs is 1. The molecule has 25 heavy (non-hydrogen) atoms. The van der Waals surface area contributed by atoms with Crippen LogP contribution >= 0.6 is 0 Å². The predicted octanol–water partition coefficient (Wildman–Crippen LogP) is 3.58. The Balaban J connectivity index is 1.57. The Labute approximate surface area is 146 Å². The molecule has 1 unspecified atom stereocenters. The van der Waals surface area contributed by atoms with E-state index in [1.165, 1.54) is 0 Å². The van der Waals surface area contributed by atoms with Gasteiger partial charge in [0.25, 0.3) is 5.91 Å². The lowest BCUT2D eigenvalue weighted by Gasteiger charge is -2.14. The van der Waals surface area contributed by atoms with Crippen LogP contribution in [0.3, 0.4) is 0 Å². The van der Waals surface area contributed by atoms with Gasteiger partial charge in [-0.05, 0) is 30.5 Å². The lowest BCUT2D eigenvalue weighted by molar-refractivity contribution is 0.0918. The maximum absolute atomic E-state index is 12.7. The van der Waals surface area contributed by atoms with Crippen molar-refractivity contribution in [2.75, 3.05) is 6.54 Å². The number of hydrogen-bond acceptors (Lipinski definition) is 3. The molecule has 1 amide bonds. The van der Waals surface area contributed by atoms with Crippen molar-refractivity contribution in [3.05, 3.63) is 77.5 Å². The number of aliphatic hydroxyl groups is 1. The average Bonchev–Trinajstić information content (AvgIpc) is 3.51. The molecule has 0 saturated heterocycles. The van der Waals surface area contributed by atoms with Crippen LogP contribution in [0.2, 0.25) is 0 Å². The zero-order valence-corrected chi connectivity index (χ0v) is 13.9.